The Bertz CT molecular complexity index is 683. The third-order valence-electron chi connectivity index (χ3n) is 3.67. The number of aromatic nitrogens is 2. The van der Waals surface area contributed by atoms with Gasteiger partial charge in [-0.1, -0.05) is 11.6 Å². The van der Waals surface area contributed by atoms with Gasteiger partial charge in [-0.15, -0.1) is 0 Å². The second kappa shape index (κ2) is 8.70. The third kappa shape index (κ3) is 4.97. The fourth-order valence-electron chi connectivity index (χ4n) is 2.48. The minimum absolute atomic E-state index is 0.00531. The number of hydrogen-bond acceptors (Lipinski definition) is 4. The van der Waals surface area contributed by atoms with E-state index in [9.17, 15) is 4.79 Å². The van der Waals surface area contributed by atoms with Crippen molar-refractivity contribution in [3.05, 3.63) is 40.5 Å². The molecule has 130 valence electrons. The lowest BCUT2D eigenvalue weighted by molar-refractivity contribution is -0.116. The SMILES string of the molecule is COc1c(CNCCCC(=O)Nc2ccc(Cl)cc2)c(C)nn1C. The van der Waals surface area contributed by atoms with Gasteiger partial charge in [0.15, 0.2) is 0 Å². The molecule has 7 heteroatoms. The number of rotatable bonds is 8. The average molecular weight is 351 g/mol. The molecule has 1 heterocycles. The number of anilines is 1. The maximum atomic E-state index is 11.9. The molecule has 0 bridgehead atoms. The first-order chi connectivity index (χ1) is 11.5. The number of carbonyl (C=O) groups excluding carboxylic acids is 1. The molecule has 2 aromatic rings. The predicted molar refractivity (Wildman–Crippen MR) is 95.5 cm³/mol. The Morgan fingerprint density at radius 1 is 1.33 bits per heavy atom. The number of benzene rings is 1. The van der Waals surface area contributed by atoms with Crippen LogP contribution in [0.25, 0.3) is 0 Å². The highest BCUT2D eigenvalue weighted by atomic mass is 35.5. The lowest BCUT2D eigenvalue weighted by Crippen LogP contribution is -2.18. The van der Waals surface area contributed by atoms with Gasteiger partial charge in [0.05, 0.1) is 18.4 Å². The first kappa shape index (κ1) is 18.3. The molecule has 0 atom stereocenters. The second-order valence-electron chi connectivity index (χ2n) is 5.53. The van der Waals surface area contributed by atoms with Gasteiger partial charge in [-0.05, 0) is 44.2 Å². The number of carbonyl (C=O) groups is 1. The van der Waals surface area contributed by atoms with Crippen molar-refractivity contribution in [3.63, 3.8) is 0 Å². The van der Waals surface area contributed by atoms with Crippen molar-refractivity contribution in [2.75, 3.05) is 19.0 Å². The van der Waals surface area contributed by atoms with Crippen LogP contribution in [0.3, 0.4) is 0 Å². The van der Waals surface area contributed by atoms with Crippen LogP contribution in [0.5, 0.6) is 5.88 Å². The van der Waals surface area contributed by atoms with Gasteiger partial charge in [0.25, 0.3) is 0 Å². The number of ether oxygens (including phenoxy) is 1. The Morgan fingerprint density at radius 3 is 2.71 bits per heavy atom. The van der Waals surface area contributed by atoms with Crippen molar-refractivity contribution in [2.24, 2.45) is 7.05 Å². The van der Waals surface area contributed by atoms with Crippen LogP contribution >= 0.6 is 11.6 Å². The van der Waals surface area contributed by atoms with Crippen LogP contribution in [0.4, 0.5) is 5.69 Å². The molecule has 1 amide bonds. The van der Waals surface area contributed by atoms with E-state index >= 15 is 0 Å². The molecular weight excluding hydrogens is 328 g/mol. The Labute approximate surface area is 147 Å². The summed E-state index contributed by atoms with van der Waals surface area (Å²) in [6, 6.07) is 7.08. The standard InChI is InChI=1S/C17H23ClN4O2/c1-12-15(17(24-3)22(2)21-12)11-19-10-4-5-16(23)20-14-8-6-13(18)7-9-14/h6-9,19H,4-5,10-11H2,1-3H3,(H,20,23). The zero-order valence-electron chi connectivity index (χ0n) is 14.2. The summed E-state index contributed by atoms with van der Waals surface area (Å²) >= 11 is 5.82. The fraction of sp³-hybridized carbons (Fsp3) is 0.412. The summed E-state index contributed by atoms with van der Waals surface area (Å²) in [5.74, 6) is 0.759. The average Bonchev–Trinajstić information content (AvgIpc) is 2.82. The molecule has 2 rings (SSSR count). The van der Waals surface area contributed by atoms with E-state index in [1.165, 1.54) is 0 Å². The summed E-state index contributed by atoms with van der Waals surface area (Å²) < 4.78 is 7.08. The third-order valence-corrected chi connectivity index (χ3v) is 3.92. The zero-order valence-corrected chi connectivity index (χ0v) is 15.0. The predicted octanol–water partition coefficient (Wildman–Crippen LogP) is 2.90. The van der Waals surface area contributed by atoms with Crippen molar-refractivity contribution in [1.82, 2.24) is 15.1 Å². The van der Waals surface area contributed by atoms with Crippen molar-refractivity contribution >= 4 is 23.2 Å². The molecule has 0 aliphatic rings. The van der Waals surface area contributed by atoms with Crippen molar-refractivity contribution in [2.45, 2.75) is 26.3 Å². The maximum Gasteiger partial charge on any atom is 0.224 e. The Morgan fingerprint density at radius 2 is 2.04 bits per heavy atom. The molecule has 2 N–H and O–H groups in total. The van der Waals surface area contributed by atoms with E-state index in [4.69, 9.17) is 16.3 Å². The van der Waals surface area contributed by atoms with E-state index in [1.54, 1.807) is 36.1 Å². The fourth-order valence-corrected chi connectivity index (χ4v) is 2.61. The summed E-state index contributed by atoms with van der Waals surface area (Å²) in [5.41, 5.74) is 2.75. The molecule has 0 aliphatic heterocycles. The van der Waals surface area contributed by atoms with Crippen LogP contribution in [-0.4, -0.2) is 29.3 Å². The van der Waals surface area contributed by atoms with E-state index in [2.05, 4.69) is 15.7 Å². The second-order valence-corrected chi connectivity index (χ2v) is 5.97. The monoisotopic (exact) mass is 350 g/mol. The minimum atomic E-state index is -0.00531. The number of amides is 1. The van der Waals surface area contributed by atoms with Gasteiger partial charge in [-0.2, -0.15) is 5.10 Å². The number of halogens is 1. The Balaban J connectivity index is 1.69. The molecule has 0 radical (unpaired) electrons. The van der Waals surface area contributed by atoms with Gasteiger partial charge in [0, 0.05) is 30.7 Å². The molecule has 0 fully saturated rings. The maximum absolute atomic E-state index is 11.9. The molecule has 0 aliphatic carbocycles. The topological polar surface area (TPSA) is 68.2 Å². The largest absolute Gasteiger partial charge is 0.481 e. The molecule has 0 unspecified atom stereocenters. The van der Waals surface area contributed by atoms with Gasteiger partial charge in [-0.3, -0.25) is 4.79 Å². The number of nitrogens with one attached hydrogen (secondary N) is 2. The highest BCUT2D eigenvalue weighted by molar-refractivity contribution is 6.30. The molecule has 1 aromatic heterocycles. The molecular formula is C17H23ClN4O2. The van der Waals surface area contributed by atoms with Crippen LogP contribution in [0.1, 0.15) is 24.1 Å². The van der Waals surface area contributed by atoms with E-state index in [-0.39, 0.29) is 5.91 Å². The Kier molecular flexibility index (Phi) is 6.63. The van der Waals surface area contributed by atoms with E-state index in [1.807, 2.05) is 14.0 Å². The first-order valence-corrected chi connectivity index (χ1v) is 8.21. The van der Waals surface area contributed by atoms with Crippen molar-refractivity contribution < 1.29 is 9.53 Å². The minimum Gasteiger partial charge on any atom is -0.481 e. The van der Waals surface area contributed by atoms with Gasteiger partial charge < -0.3 is 15.4 Å². The van der Waals surface area contributed by atoms with E-state index in [0.717, 1.165) is 35.8 Å². The van der Waals surface area contributed by atoms with Gasteiger partial charge in [0.2, 0.25) is 11.8 Å². The summed E-state index contributed by atoms with van der Waals surface area (Å²) in [4.78, 5) is 11.9. The normalized spacial score (nSPS) is 10.7. The van der Waals surface area contributed by atoms with Gasteiger partial charge >= 0.3 is 0 Å². The summed E-state index contributed by atoms with van der Waals surface area (Å²) in [5, 5.41) is 11.2. The lowest BCUT2D eigenvalue weighted by atomic mass is 10.2. The van der Waals surface area contributed by atoms with Crippen molar-refractivity contribution in [1.29, 1.82) is 0 Å². The van der Waals surface area contributed by atoms with Crippen molar-refractivity contribution in [3.8, 4) is 5.88 Å². The molecule has 0 saturated carbocycles. The van der Waals surface area contributed by atoms with Gasteiger partial charge in [0.1, 0.15) is 0 Å². The highest BCUT2D eigenvalue weighted by Crippen LogP contribution is 2.20. The van der Waals surface area contributed by atoms with Crippen LogP contribution in [-0.2, 0) is 18.4 Å². The summed E-state index contributed by atoms with van der Waals surface area (Å²) in [6.07, 6.45) is 1.21. The quantitative estimate of drug-likeness (QED) is 0.718. The van der Waals surface area contributed by atoms with Crippen LogP contribution in [0.15, 0.2) is 24.3 Å². The van der Waals surface area contributed by atoms with Crippen LogP contribution < -0.4 is 15.4 Å². The highest BCUT2D eigenvalue weighted by Gasteiger charge is 2.13. The van der Waals surface area contributed by atoms with E-state index < -0.39 is 0 Å². The Hall–Kier alpha value is -2.05. The molecule has 1 aromatic carbocycles. The molecule has 6 nitrogen and oxygen atoms in total. The number of aryl methyl sites for hydroxylation is 2. The van der Waals surface area contributed by atoms with Crippen LogP contribution in [0, 0.1) is 6.92 Å². The summed E-state index contributed by atoms with van der Waals surface area (Å²) in [7, 11) is 3.50. The van der Waals surface area contributed by atoms with Crippen LogP contribution in [0.2, 0.25) is 5.02 Å². The molecule has 0 saturated heterocycles. The summed E-state index contributed by atoms with van der Waals surface area (Å²) in [6.45, 7) is 3.37. The molecule has 24 heavy (non-hydrogen) atoms. The smallest absolute Gasteiger partial charge is 0.224 e. The number of nitrogens with zero attached hydrogens (tertiary/aromatic N) is 2. The lowest BCUT2D eigenvalue weighted by Gasteiger charge is -2.08. The number of methoxy groups -OCH3 is 1. The van der Waals surface area contributed by atoms with E-state index in [0.29, 0.717) is 18.0 Å². The zero-order chi connectivity index (χ0) is 17.5. The molecule has 0 spiro atoms. The number of hydrogen-bond donors (Lipinski definition) is 2. The van der Waals surface area contributed by atoms with Gasteiger partial charge in [-0.25, -0.2) is 4.68 Å². The first-order valence-electron chi connectivity index (χ1n) is 7.84.